The maximum atomic E-state index is 11.7. The average Bonchev–Trinajstić information content (AvgIpc) is 2.38. The first-order valence-corrected chi connectivity index (χ1v) is 6.68. The minimum Gasteiger partial charge on any atom is -0.465 e. The minimum absolute atomic E-state index is 0.0435. The van der Waals surface area contributed by atoms with E-state index in [9.17, 15) is 9.70 Å². The Balaban J connectivity index is 2.26. The minimum atomic E-state index is -0.118. The third-order valence-corrected chi connectivity index (χ3v) is 3.70. The molecule has 0 radical (unpaired) electrons. The van der Waals surface area contributed by atoms with Crippen molar-refractivity contribution >= 4 is 5.97 Å². The highest BCUT2D eigenvalue weighted by Gasteiger charge is 2.30. The molecule has 1 atom stereocenters. The summed E-state index contributed by atoms with van der Waals surface area (Å²) in [6.45, 7) is 4.48. The van der Waals surface area contributed by atoms with Crippen molar-refractivity contribution in [1.82, 2.24) is 0 Å². The van der Waals surface area contributed by atoms with Gasteiger partial charge in [0.05, 0.1) is 18.6 Å². The van der Waals surface area contributed by atoms with Gasteiger partial charge in [0, 0.05) is 0 Å². The highest BCUT2D eigenvalue weighted by molar-refractivity contribution is 5.72. The van der Waals surface area contributed by atoms with Crippen LogP contribution in [0.1, 0.15) is 52.4 Å². The lowest BCUT2D eigenvalue weighted by atomic mass is 9.79. The Hall–Kier alpha value is -0.930. The number of ether oxygens (including phenoxy) is 1. The fraction of sp³-hybridized carbons (Fsp3) is 0.923. The summed E-state index contributed by atoms with van der Waals surface area (Å²) in [6, 6.07) is -0.118. The summed E-state index contributed by atoms with van der Waals surface area (Å²) in [5.41, 5.74) is 0. The largest absolute Gasteiger partial charge is 0.465 e. The lowest BCUT2D eigenvalue weighted by Crippen LogP contribution is -2.27. The van der Waals surface area contributed by atoms with E-state index in [2.05, 4.69) is 12.1 Å². The van der Waals surface area contributed by atoms with E-state index >= 15 is 0 Å². The van der Waals surface area contributed by atoms with Gasteiger partial charge < -0.3 is 4.74 Å². The van der Waals surface area contributed by atoms with Crippen molar-refractivity contribution in [3.05, 3.63) is 4.91 Å². The predicted octanol–water partition coefficient (Wildman–Crippen LogP) is 3.29. The lowest BCUT2D eigenvalue weighted by molar-refractivity contribution is -0.150. The van der Waals surface area contributed by atoms with E-state index in [0.29, 0.717) is 12.5 Å². The molecule has 4 nitrogen and oxygen atoms in total. The summed E-state index contributed by atoms with van der Waals surface area (Å²) in [6.07, 6.45) is 5.50. The van der Waals surface area contributed by atoms with Crippen molar-refractivity contribution in [2.24, 2.45) is 17.0 Å². The van der Waals surface area contributed by atoms with Crippen molar-refractivity contribution in [1.29, 1.82) is 0 Å². The van der Waals surface area contributed by atoms with Crippen molar-refractivity contribution in [3.8, 4) is 0 Å². The van der Waals surface area contributed by atoms with Crippen LogP contribution in [-0.4, -0.2) is 18.6 Å². The Bertz CT molecular complexity index is 247. The van der Waals surface area contributed by atoms with E-state index in [1.807, 2.05) is 6.92 Å². The molecule has 0 aromatic heterocycles. The van der Waals surface area contributed by atoms with Crippen LogP contribution in [0.3, 0.4) is 0 Å². The molecule has 0 heterocycles. The van der Waals surface area contributed by atoms with E-state index in [0.717, 1.165) is 38.5 Å². The molecule has 0 aliphatic heterocycles. The first-order valence-electron chi connectivity index (χ1n) is 6.68. The van der Waals surface area contributed by atoms with Gasteiger partial charge in [0.2, 0.25) is 0 Å². The smallest absolute Gasteiger partial charge is 0.308 e. The van der Waals surface area contributed by atoms with Crippen molar-refractivity contribution in [2.75, 3.05) is 6.61 Å². The maximum absolute atomic E-state index is 11.7. The van der Waals surface area contributed by atoms with Gasteiger partial charge in [-0.15, -0.1) is 0 Å². The van der Waals surface area contributed by atoms with Gasteiger partial charge >= 0.3 is 5.97 Å². The summed E-state index contributed by atoms with van der Waals surface area (Å²) < 4.78 is 5.22. The second-order valence-corrected chi connectivity index (χ2v) is 4.98. The number of unbranched alkanes of at least 4 members (excludes halogenated alkanes) is 1. The van der Waals surface area contributed by atoms with Crippen molar-refractivity contribution < 1.29 is 9.53 Å². The van der Waals surface area contributed by atoms with Crippen LogP contribution in [0.5, 0.6) is 0 Å². The molecule has 1 aliphatic rings. The van der Waals surface area contributed by atoms with Crippen LogP contribution in [-0.2, 0) is 9.53 Å². The first kappa shape index (κ1) is 14.1. The topological polar surface area (TPSA) is 55.7 Å². The monoisotopic (exact) mass is 241 g/mol. The standard InChI is InChI=1S/C13H23NO3/c1-3-4-9-17-13(15)12-7-5-11(6-8-12)10(2)14-16/h10-12H,3-9H2,1-2H3. The summed E-state index contributed by atoms with van der Waals surface area (Å²) in [7, 11) is 0. The van der Waals surface area contributed by atoms with E-state index in [4.69, 9.17) is 4.74 Å². The molecule has 0 aromatic rings. The van der Waals surface area contributed by atoms with Crippen LogP contribution in [0.4, 0.5) is 0 Å². The van der Waals surface area contributed by atoms with Crippen molar-refractivity contribution in [3.63, 3.8) is 0 Å². The summed E-state index contributed by atoms with van der Waals surface area (Å²) in [5.74, 6) is 0.345. The van der Waals surface area contributed by atoms with Gasteiger partial charge in [-0.2, -0.15) is 4.91 Å². The van der Waals surface area contributed by atoms with E-state index < -0.39 is 0 Å². The Labute approximate surface area is 103 Å². The van der Waals surface area contributed by atoms with Crippen LogP contribution >= 0.6 is 0 Å². The Morgan fingerprint density at radius 1 is 1.35 bits per heavy atom. The molecule has 0 spiro atoms. The molecule has 1 fully saturated rings. The highest BCUT2D eigenvalue weighted by atomic mass is 16.5. The van der Waals surface area contributed by atoms with Crippen LogP contribution in [0.15, 0.2) is 5.18 Å². The van der Waals surface area contributed by atoms with Gasteiger partial charge in [-0.25, -0.2) is 0 Å². The van der Waals surface area contributed by atoms with E-state index in [-0.39, 0.29) is 17.9 Å². The molecule has 1 rings (SSSR count). The number of carbonyl (C=O) groups is 1. The number of hydrogen-bond donors (Lipinski definition) is 0. The molecule has 4 heteroatoms. The molecular weight excluding hydrogens is 218 g/mol. The molecule has 1 unspecified atom stereocenters. The maximum Gasteiger partial charge on any atom is 0.308 e. The summed E-state index contributed by atoms with van der Waals surface area (Å²) >= 11 is 0. The molecular formula is C13H23NO3. The SMILES string of the molecule is CCCCOC(=O)C1CCC(C(C)N=O)CC1. The number of hydrogen-bond acceptors (Lipinski definition) is 4. The number of esters is 1. The molecule has 0 bridgehead atoms. The second-order valence-electron chi connectivity index (χ2n) is 4.98. The molecule has 0 amide bonds. The van der Waals surface area contributed by atoms with Gasteiger partial charge in [-0.05, 0) is 44.9 Å². The number of nitroso groups, excluding NO2 is 1. The van der Waals surface area contributed by atoms with Gasteiger partial charge in [0.1, 0.15) is 0 Å². The number of rotatable bonds is 6. The second kappa shape index (κ2) is 7.41. The van der Waals surface area contributed by atoms with E-state index in [1.165, 1.54) is 0 Å². The molecule has 17 heavy (non-hydrogen) atoms. The number of nitrogens with zero attached hydrogens (tertiary/aromatic N) is 1. The van der Waals surface area contributed by atoms with Gasteiger partial charge in [-0.1, -0.05) is 18.5 Å². The van der Waals surface area contributed by atoms with Crippen LogP contribution in [0.2, 0.25) is 0 Å². The average molecular weight is 241 g/mol. The van der Waals surface area contributed by atoms with Gasteiger partial charge in [0.15, 0.2) is 0 Å². The quantitative estimate of drug-likeness (QED) is 0.407. The van der Waals surface area contributed by atoms with Crippen LogP contribution < -0.4 is 0 Å². The summed E-state index contributed by atoms with van der Waals surface area (Å²) in [5, 5.41) is 3.08. The lowest BCUT2D eigenvalue weighted by Gasteiger charge is -2.28. The highest BCUT2D eigenvalue weighted by Crippen LogP contribution is 2.32. The molecule has 0 N–H and O–H groups in total. The van der Waals surface area contributed by atoms with Crippen LogP contribution in [0, 0.1) is 16.7 Å². The molecule has 0 aromatic carbocycles. The van der Waals surface area contributed by atoms with E-state index in [1.54, 1.807) is 0 Å². The first-order chi connectivity index (χ1) is 8.19. The molecule has 1 saturated carbocycles. The molecule has 98 valence electrons. The Kier molecular flexibility index (Phi) is 6.16. The van der Waals surface area contributed by atoms with Crippen molar-refractivity contribution in [2.45, 2.75) is 58.4 Å². The zero-order chi connectivity index (χ0) is 12.7. The van der Waals surface area contributed by atoms with Gasteiger partial charge in [-0.3, -0.25) is 4.79 Å². The third-order valence-electron chi connectivity index (χ3n) is 3.70. The third kappa shape index (κ3) is 4.44. The summed E-state index contributed by atoms with van der Waals surface area (Å²) in [4.78, 5) is 22.2. The Morgan fingerprint density at radius 3 is 2.53 bits per heavy atom. The fourth-order valence-corrected chi connectivity index (χ4v) is 2.36. The zero-order valence-corrected chi connectivity index (χ0v) is 10.9. The van der Waals surface area contributed by atoms with Gasteiger partial charge in [0.25, 0.3) is 0 Å². The zero-order valence-electron chi connectivity index (χ0n) is 10.9. The normalized spacial score (nSPS) is 26.2. The Morgan fingerprint density at radius 2 is 2.00 bits per heavy atom. The van der Waals surface area contributed by atoms with Crippen LogP contribution in [0.25, 0.3) is 0 Å². The number of carbonyl (C=O) groups excluding carboxylic acids is 1. The molecule has 1 aliphatic carbocycles. The molecule has 0 saturated heterocycles. The fourth-order valence-electron chi connectivity index (χ4n) is 2.36. The predicted molar refractivity (Wildman–Crippen MR) is 66.6 cm³/mol.